The topological polar surface area (TPSA) is 29.5 Å². The van der Waals surface area contributed by atoms with E-state index in [4.69, 9.17) is 4.74 Å². The molecule has 0 bridgehead atoms. The first-order valence-electron chi connectivity index (χ1n) is 6.04. The predicted molar refractivity (Wildman–Crippen MR) is 73.5 cm³/mol. The molecule has 0 aromatic heterocycles. The van der Waals surface area contributed by atoms with Gasteiger partial charge in [-0.2, -0.15) is 0 Å². The van der Waals surface area contributed by atoms with Crippen LogP contribution in [0.4, 0.5) is 4.39 Å². The zero-order valence-corrected chi connectivity index (χ0v) is 11.6. The van der Waals surface area contributed by atoms with Crippen molar-refractivity contribution in [2.75, 3.05) is 0 Å². The fraction of sp³-hybridized carbons (Fsp3) is 0.200. The molecule has 1 heterocycles. The monoisotopic (exact) mass is 322 g/mol. The molecule has 1 aliphatic heterocycles. The third kappa shape index (κ3) is 2.38. The van der Waals surface area contributed by atoms with Gasteiger partial charge in [0.2, 0.25) is 0 Å². The highest BCUT2D eigenvalue weighted by Crippen LogP contribution is 2.42. The number of fused-ring (bicyclic) bond motifs is 1. The summed E-state index contributed by atoms with van der Waals surface area (Å²) in [5.41, 5.74) is 1.22. The van der Waals surface area contributed by atoms with Crippen LogP contribution in [-0.2, 0) is 0 Å². The van der Waals surface area contributed by atoms with Crippen molar-refractivity contribution in [3.8, 4) is 5.75 Å². The molecular formula is C15H12BrFO2. The molecule has 2 aromatic carbocycles. The Labute approximate surface area is 119 Å². The molecule has 19 heavy (non-hydrogen) atoms. The molecule has 2 aromatic rings. The van der Waals surface area contributed by atoms with Crippen LogP contribution in [0.15, 0.2) is 46.9 Å². The Morgan fingerprint density at radius 3 is 2.74 bits per heavy atom. The molecule has 3 rings (SSSR count). The number of hydrogen-bond acceptors (Lipinski definition) is 2. The molecule has 0 saturated heterocycles. The van der Waals surface area contributed by atoms with Crippen LogP contribution in [-0.4, -0.2) is 5.11 Å². The molecule has 0 saturated carbocycles. The predicted octanol–water partition coefficient (Wildman–Crippen LogP) is 4.15. The lowest BCUT2D eigenvalue weighted by Crippen LogP contribution is -2.19. The molecule has 1 unspecified atom stereocenters. The Hall–Kier alpha value is -1.39. The highest BCUT2D eigenvalue weighted by Gasteiger charge is 2.29. The smallest absolute Gasteiger partial charge is 0.130 e. The maximum absolute atomic E-state index is 13.8. The van der Waals surface area contributed by atoms with E-state index in [0.29, 0.717) is 17.7 Å². The van der Waals surface area contributed by atoms with Crippen molar-refractivity contribution in [3.63, 3.8) is 0 Å². The van der Waals surface area contributed by atoms with Crippen LogP contribution in [0.25, 0.3) is 0 Å². The Bertz CT molecular complexity index is 615. The highest BCUT2D eigenvalue weighted by molar-refractivity contribution is 9.10. The quantitative estimate of drug-likeness (QED) is 0.854. The van der Waals surface area contributed by atoms with Crippen LogP contribution in [0.3, 0.4) is 0 Å². The second-order valence-electron chi connectivity index (χ2n) is 4.56. The molecule has 0 aliphatic carbocycles. The second-order valence-corrected chi connectivity index (χ2v) is 5.48. The second kappa shape index (κ2) is 4.94. The number of aliphatic hydroxyl groups is 1. The summed E-state index contributed by atoms with van der Waals surface area (Å²) in [4.78, 5) is 0. The number of aliphatic hydroxyl groups excluding tert-OH is 1. The van der Waals surface area contributed by atoms with Gasteiger partial charge in [0.15, 0.2) is 0 Å². The largest absolute Gasteiger partial charge is 0.485 e. The van der Waals surface area contributed by atoms with Crippen molar-refractivity contribution in [1.29, 1.82) is 0 Å². The zero-order valence-electron chi connectivity index (χ0n) is 10.0. The fourth-order valence-electron chi connectivity index (χ4n) is 2.34. The molecule has 0 radical (unpaired) electrons. The molecule has 2 nitrogen and oxygen atoms in total. The van der Waals surface area contributed by atoms with Crippen LogP contribution in [0.2, 0.25) is 0 Å². The minimum absolute atomic E-state index is 0.305. The van der Waals surface area contributed by atoms with Crippen molar-refractivity contribution < 1.29 is 14.2 Å². The van der Waals surface area contributed by atoms with Crippen molar-refractivity contribution in [2.45, 2.75) is 18.6 Å². The number of rotatable bonds is 1. The summed E-state index contributed by atoms with van der Waals surface area (Å²) in [7, 11) is 0. The van der Waals surface area contributed by atoms with Gasteiger partial charge in [-0.1, -0.05) is 34.1 Å². The molecular weight excluding hydrogens is 311 g/mol. The number of halogens is 2. The standard InChI is InChI=1S/C15H12BrFO2/c16-9-5-6-14-11(7-9)13(18)8-15(19-14)10-3-1-2-4-12(10)17/h1-7,13,15,18H,8H2/t13-,15?/m0/s1. The summed E-state index contributed by atoms with van der Waals surface area (Å²) in [6, 6.07) is 12.0. The lowest BCUT2D eigenvalue weighted by atomic mass is 9.95. The minimum atomic E-state index is -0.647. The number of ether oxygens (including phenoxy) is 1. The van der Waals surface area contributed by atoms with Gasteiger partial charge in [-0.3, -0.25) is 0 Å². The molecule has 0 amide bonds. The van der Waals surface area contributed by atoms with E-state index in [1.807, 2.05) is 12.1 Å². The van der Waals surface area contributed by atoms with Crippen molar-refractivity contribution in [2.24, 2.45) is 0 Å². The molecule has 0 spiro atoms. The van der Waals surface area contributed by atoms with Gasteiger partial charge in [0, 0.05) is 22.0 Å². The third-order valence-corrected chi connectivity index (χ3v) is 3.78. The van der Waals surface area contributed by atoms with Gasteiger partial charge in [0.1, 0.15) is 17.7 Å². The first kappa shape index (κ1) is 12.6. The Morgan fingerprint density at radius 1 is 1.16 bits per heavy atom. The lowest BCUT2D eigenvalue weighted by Gasteiger charge is -2.30. The first-order valence-corrected chi connectivity index (χ1v) is 6.83. The summed E-state index contributed by atoms with van der Waals surface area (Å²) in [5, 5.41) is 10.2. The molecule has 1 aliphatic rings. The van der Waals surface area contributed by atoms with E-state index < -0.39 is 12.2 Å². The lowest BCUT2D eigenvalue weighted by molar-refractivity contribution is 0.0639. The van der Waals surface area contributed by atoms with E-state index in [1.165, 1.54) is 6.07 Å². The maximum Gasteiger partial charge on any atom is 0.130 e. The van der Waals surface area contributed by atoms with Gasteiger partial charge in [-0.15, -0.1) is 0 Å². The molecule has 98 valence electrons. The number of hydrogen-bond donors (Lipinski definition) is 1. The van der Waals surface area contributed by atoms with E-state index in [-0.39, 0.29) is 5.82 Å². The summed E-state index contributed by atoms with van der Waals surface area (Å²) < 4.78 is 20.5. The van der Waals surface area contributed by atoms with Crippen molar-refractivity contribution in [1.82, 2.24) is 0 Å². The Balaban J connectivity index is 1.97. The number of benzene rings is 2. The minimum Gasteiger partial charge on any atom is -0.485 e. The summed E-state index contributed by atoms with van der Waals surface area (Å²) in [6.07, 6.45) is -0.750. The van der Waals surface area contributed by atoms with E-state index in [2.05, 4.69) is 15.9 Å². The first-order chi connectivity index (χ1) is 9.15. The van der Waals surface area contributed by atoms with Gasteiger partial charge in [0.05, 0.1) is 6.10 Å². The third-order valence-electron chi connectivity index (χ3n) is 3.29. The van der Waals surface area contributed by atoms with Crippen LogP contribution in [0, 0.1) is 5.82 Å². The van der Waals surface area contributed by atoms with Gasteiger partial charge in [-0.25, -0.2) is 4.39 Å². The van der Waals surface area contributed by atoms with E-state index >= 15 is 0 Å². The van der Waals surface area contributed by atoms with Crippen LogP contribution in [0.1, 0.15) is 29.8 Å². The van der Waals surface area contributed by atoms with Gasteiger partial charge >= 0.3 is 0 Å². The summed E-state index contributed by atoms with van der Waals surface area (Å²) in [5.74, 6) is 0.301. The average molecular weight is 323 g/mol. The fourth-order valence-corrected chi connectivity index (χ4v) is 2.72. The Morgan fingerprint density at radius 2 is 1.95 bits per heavy atom. The van der Waals surface area contributed by atoms with Crippen LogP contribution >= 0.6 is 15.9 Å². The van der Waals surface area contributed by atoms with Crippen molar-refractivity contribution in [3.05, 3.63) is 63.9 Å². The Kier molecular flexibility index (Phi) is 3.29. The molecule has 0 fully saturated rings. The van der Waals surface area contributed by atoms with E-state index in [9.17, 15) is 9.50 Å². The van der Waals surface area contributed by atoms with E-state index in [0.717, 1.165) is 10.0 Å². The van der Waals surface area contributed by atoms with Gasteiger partial charge in [-0.05, 0) is 24.3 Å². The van der Waals surface area contributed by atoms with Crippen molar-refractivity contribution >= 4 is 15.9 Å². The molecule has 4 heteroatoms. The summed E-state index contributed by atoms with van der Waals surface area (Å²) in [6.45, 7) is 0. The van der Waals surface area contributed by atoms with Crippen LogP contribution in [0.5, 0.6) is 5.75 Å². The highest BCUT2D eigenvalue weighted by atomic mass is 79.9. The zero-order chi connectivity index (χ0) is 13.4. The van der Waals surface area contributed by atoms with Gasteiger partial charge in [0.25, 0.3) is 0 Å². The molecule has 2 atom stereocenters. The SMILES string of the molecule is O[C@H]1CC(c2ccccc2F)Oc2ccc(Br)cc21. The summed E-state index contributed by atoms with van der Waals surface area (Å²) >= 11 is 3.36. The normalized spacial score (nSPS) is 21.6. The maximum atomic E-state index is 13.8. The molecule has 1 N–H and O–H groups in total. The van der Waals surface area contributed by atoms with Gasteiger partial charge < -0.3 is 9.84 Å². The average Bonchev–Trinajstić information content (AvgIpc) is 2.40. The van der Waals surface area contributed by atoms with E-state index in [1.54, 1.807) is 24.3 Å². The van der Waals surface area contributed by atoms with Crippen LogP contribution < -0.4 is 4.74 Å².